The molecule has 0 atom stereocenters. The summed E-state index contributed by atoms with van der Waals surface area (Å²) in [7, 11) is 0. The van der Waals surface area contributed by atoms with Crippen LogP contribution in [0.5, 0.6) is 0 Å². The van der Waals surface area contributed by atoms with Crippen LogP contribution < -0.4 is 10.6 Å². The molecule has 0 rings (SSSR count). The topological polar surface area (TPSA) is 79.9 Å². The average Bonchev–Trinajstić information content (AvgIpc) is 2.57. The highest BCUT2D eigenvalue weighted by Crippen LogP contribution is 1.97. The van der Waals surface area contributed by atoms with Crippen molar-refractivity contribution in [3.05, 3.63) is 0 Å². The number of ether oxygens (including phenoxy) is 2. The summed E-state index contributed by atoms with van der Waals surface area (Å²) in [5.41, 5.74) is 0. The van der Waals surface area contributed by atoms with E-state index < -0.39 is 0 Å². The van der Waals surface area contributed by atoms with Crippen LogP contribution in [0.2, 0.25) is 0 Å². The lowest BCUT2D eigenvalue weighted by Crippen LogP contribution is -2.37. The SMILES string of the molecule is CCC(=O)NCCOCCN(CCOCCNC(=O)CC)C(C)C. The molecule has 7 heteroatoms. The van der Waals surface area contributed by atoms with E-state index >= 15 is 0 Å². The van der Waals surface area contributed by atoms with Crippen LogP contribution in [0.15, 0.2) is 0 Å². The third-order valence-corrected chi connectivity index (χ3v) is 3.56. The molecule has 2 amide bonds. The molecule has 0 radical (unpaired) electrons. The summed E-state index contributed by atoms with van der Waals surface area (Å²) in [4.78, 5) is 24.4. The van der Waals surface area contributed by atoms with Gasteiger partial charge in [0.1, 0.15) is 0 Å². The van der Waals surface area contributed by atoms with E-state index in [0.717, 1.165) is 13.1 Å². The summed E-state index contributed by atoms with van der Waals surface area (Å²) in [6, 6.07) is 0.414. The van der Waals surface area contributed by atoms with Gasteiger partial charge in [-0.25, -0.2) is 0 Å². The summed E-state index contributed by atoms with van der Waals surface area (Å²) in [5, 5.41) is 5.56. The summed E-state index contributed by atoms with van der Waals surface area (Å²) in [5.74, 6) is 0.101. The Bertz CT molecular complexity index is 310. The number of amides is 2. The molecular weight excluding hydrogens is 310 g/mol. The molecule has 7 nitrogen and oxygen atoms in total. The van der Waals surface area contributed by atoms with Crippen LogP contribution >= 0.6 is 0 Å². The summed E-state index contributed by atoms with van der Waals surface area (Å²) in [6.07, 6.45) is 1.01. The Labute approximate surface area is 146 Å². The van der Waals surface area contributed by atoms with Gasteiger partial charge < -0.3 is 20.1 Å². The first kappa shape index (κ1) is 22.8. The third-order valence-electron chi connectivity index (χ3n) is 3.56. The molecule has 0 aromatic heterocycles. The number of hydrogen-bond donors (Lipinski definition) is 2. The minimum atomic E-state index is 0.0506. The van der Waals surface area contributed by atoms with Crippen molar-refractivity contribution in [3.63, 3.8) is 0 Å². The molecule has 0 spiro atoms. The van der Waals surface area contributed by atoms with E-state index in [2.05, 4.69) is 29.4 Å². The standard InChI is InChI=1S/C17H35N3O4/c1-5-16(21)18-7-11-23-13-9-20(15(3)4)10-14-24-12-8-19-17(22)6-2/h15H,5-14H2,1-4H3,(H,18,21)(H,19,22). The predicted molar refractivity (Wildman–Crippen MR) is 94.9 cm³/mol. The highest BCUT2D eigenvalue weighted by Gasteiger charge is 2.09. The molecule has 0 saturated heterocycles. The van der Waals surface area contributed by atoms with Crippen molar-refractivity contribution in [2.45, 2.75) is 46.6 Å². The predicted octanol–water partition coefficient (Wildman–Crippen LogP) is 0.782. The summed E-state index contributed by atoms with van der Waals surface area (Å²) >= 11 is 0. The van der Waals surface area contributed by atoms with Crippen LogP contribution in [0.1, 0.15) is 40.5 Å². The van der Waals surface area contributed by atoms with Gasteiger partial charge in [0.15, 0.2) is 0 Å². The van der Waals surface area contributed by atoms with Gasteiger partial charge in [-0.2, -0.15) is 0 Å². The molecular formula is C17H35N3O4. The van der Waals surface area contributed by atoms with Crippen LogP contribution in [-0.2, 0) is 19.1 Å². The van der Waals surface area contributed by atoms with E-state index in [4.69, 9.17) is 9.47 Å². The third kappa shape index (κ3) is 13.3. The van der Waals surface area contributed by atoms with Crippen LogP contribution in [0.3, 0.4) is 0 Å². The molecule has 0 aromatic carbocycles. The highest BCUT2D eigenvalue weighted by atomic mass is 16.5. The van der Waals surface area contributed by atoms with E-state index in [0.29, 0.717) is 58.4 Å². The molecule has 24 heavy (non-hydrogen) atoms. The number of hydrogen-bond acceptors (Lipinski definition) is 5. The maximum absolute atomic E-state index is 11.1. The monoisotopic (exact) mass is 345 g/mol. The Kier molecular flexibility index (Phi) is 14.6. The highest BCUT2D eigenvalue weighted by molar-refractivity contribution is 5.75. The van der Waals surface area contributed by atoms with Crippen molar-refractivity contribution >= 4 is 11.8 Å². The second-order valence-corrected chi connectivity index (χ2v) is 5.76. The van der Waals surface area contributed by atoms with Crippen molar-refractivity contribution in [1.29, 1.82) is 0 Å². The number of nitrogens with one attached hydrogen (secondary N) is 2. The molecule has 0 unspecified atom stereocenters. The fourth-order valence-electron chi connectivity index (χ4n) is 1.97. The number of carbonyl (C=O) groups is 2. The maximum atomic E-state index is 11.1. The van der Waals surface area contributed by atoms with Gasteiger partial charge in [-0.05, 0) is 13.8 Å². The normalized spacial score (nSPS) is 11.1. The second-order valence-electron chi connectivity index (χ2n) is 5.76. The molecule has 0 aliphatic carbocycles. The largest absolute Gasteiger partial charge is 0.378 e. The van der Waals surface area contributed by atoms with Crippen molar-refractivity contribution in [2.24, 2.45) is 0 Å². The second kappa shape index (κ2) is 15.4. The first-order valence-electron chi connectivity index (χ1n) is 8.94. The van der Waals surface area contributed by atoms with Crippen molar-refractivity contribution < 1.29 is 19.1 Å². The quantitative estimate of drug-likeness (QED) is 0.429. The molecule has 0 aliphatic heterocycles. The van der Waals surface area contributed by atoms with Gasteiger partial charge in [0.25, 0.3) is 0 Å². The smallest absolute Gasteiger partial charge is 0.219 e. The Morgan fingerprint density at radius 1 is 0.833 bits per heavy atom. The van der Waals surface area contributed by atoms with E-state index in [-0.39, 0.29) is 11.8 Å². The Morgan fingerprint density at radius 3 is 1.58 bits per heavy atom. The van der Waals surface area contributed by atoms with Gasteiger partial charge in [0, 0.05) is 45.1 Å². The van der Waals surface area contributed by atoms with E-state index in [1.807, 2.05) is 13.8 Å². The van der Waals surface area contributed by atoms with Gasteiger partial charge in [-0.1, -0.05) is 13.8 Å². The Morgan fingerprint density at radius 2 is 1.25 bits per heavy atom. The lowest BCUT2D eigenvalue weighted by Gasteiger charge is -2.26. The zero-order chi connectivity index (χ0) is 18.2. The minimum Gasteiger partial charge on any atom is -0.378 e. The lowest BCUT2D eigenvalue weighted by molar-refractivity contribution is -0.121. The van der Waals surface area contributed by atoms with Gasteiger partial charge in [0.2, 0.25) is 11.8 Å². The summed E-state index contributed by atoms with van der Waals surface area (Å²) < 4.78 is 11.1. The fraction of sp³-hybridized carbons (Fsp3) is 0.882. The Hall–Kier alpha value is -1.18. The Balaban J connectivity index is 3.64. The number of carbonyl (C=O) groups excluding carboxylic acids is 2. The van der Waals surface area contributed by atoms with Gasteiger partial charge in [-0.3, -0.25) is 14.5 Å². The van der Waals surface area contributed by atoms with E-state index in [1.54, 1.807) is 0 Å². The summed E-state index contributed by atoms with van der Waals surface area (Å²) in [6.45, 7) is 13.0. The fourth-order valence-corrected chi connectivity index (χ4v) is 1.97. The van der Waals surface area contributed by atoms with Crippen molar-refractivity contribution in [1.82, 2.24) is 15.5 Å². The van der Waals surface area contributed by atoms with Crippen molar-refractivity contribution in [2.75, 3.05) is 52.6 Å². The molecule has 0 aliphatic rings. The molecule has 142 valence electrons. The first-order valence-corrected chi connectivity index (χ1v) is 8.94. The average molecular weight is 345 g/mol. The molecule has 2 N–H and O–H groups in total. The van der Waals surface area contributed by atoms with Crippen LogP contribution in [0, 0.1) is 0 Å². The number of rotatable bonds is 15. The maximum Gasteiger partial charge on any atom is 0.219 e. The van der Waals surface area contributed by atoms with Gasteiger partial charge >= 0.3 is 0 Å². The zero-order valence-corrected chi connectivity index (χ0v) is 15.7. The zero-order valence-electron chi connectivity index (χ0n) is 15.7. The number of nitrogens with zero attached hydrogens (tertiary/aromatic N) is 1. The molecule has 0 heterocycles. The van der Waals surface area contributed by atoms with E-state index in [1.165, 1.54) is 0 Å². The first-order chi connectivity index (χ1) is 11.5. The minimum absolute atomic E-state index is 0.0506. The van der Waals surface area contributed by atoms with Gasteiger partial charge in [0.05, 0.1) is 26.4 Å². The van der Waals surface area contributed by atoms with Crippen molar-refractivity contribution in [3.8, 4) is 0 Å². The van der Waals surface area contributed by atoms with Crippen LogP contribution in [-0.4, -0.2) is 75.4 Å². The lowest BCUT2D eigenvalue weighted by atomic mass is 10.3. The van der Waals surface area contributed by atoms with Gasteiger partial charge in [-0.15, -0.1) is 0 Å². The van der Waals surface area contributed by atoms with E-state index in [9.17, 15) is 9.59 Å². The molecule has 0 fully saturated rings. The molecule has 0 saturated carbocycles. The molecule has 0 bridgehead atoms. The van der Waals surface area contributed by atoms with Crippen LogP contribution in [0.4, 0.5) is 0 Å². The van der Waals surface area contributed by atoms with Crippen LogP contribution in [0.25, 0.3) is 0 Å². The molecule has 0 aromatic rings.